The summed E-state index contributed by atoms with van der Waals surface area (Å²) >= 11 is 6.16. The number of imide groups is 1. The number of amides is 2. The molecule has 0 radical (unpaired) electrons. The molecule has 1 saturated heterocycles. The minimum absolute atomic E-state index is 0.130. The van der Waals surface area contributed by atoms with Gasteiger partial charge in [-0.3, -0.25) is 9.59 Å². The van der Waals surface area contributed by atoms with Crippen LogP contribution in [0, 0.1) is 49.4 Å². The molecule has 6 heteroatoms. The number of carbonyl (C=O) groups excluding carboxylic acids is 2. The van der Waals surface area contributed by atoms with Crippen LogP contribution in [0.4, 0.5) is 0 Å². The van der Waals surface area contributed by atoms with E-state index in [1.54, 1.807) is 6.21 Å². The number of halogens is 1. The Hall–Kier alpha value is -2.66. The van der Waals surface area contributed by atoms with Crippen LogP contribution < -0.4 is 0 Å². The van der Waals surface area contributed by atoms with Crippen LogP contribution >= 0.6 is 11.6 Å². The summed E-state index contributed by atoms with van der Waals surface area (Å²) in [4.78, 5) is 26.2. The van der Waals surface area contributed by atoms with Gasteiger partial charge in [-0.2, -0.15) is 10.1 Å². The molecule has 4 aliphatic carbocycles. The van der Waals surface area contributed by atoms with Gasteiger partial charge >= 0.3 is 0 Å². The molecule has 2 amide bonds. The highest BCUT2D eigenvalue weighted by Gasteiger charge is 2.67. The van der Waals surface area contributed by atoms with E-state index in [-0.39, 0.29) is 35.5 Å². The molecule has 2 aromatic rings. The molecule has 3 fully saturated rings. The highest BCUT2D eigenvalue weighted by atomic mass is 35.5. The van der Waals surface area contributed by atoms with E-state index in [1.807, 2.05) is 44.2 Å². The fourth-order valence-electron chi connectivity index (χ4n) is 6.11. The normalized spacial score (nSPS) is 33.5. The molecule has 5 nitrogen and oxygen atoms in total. The van der Waals surface area contributed by atoms with Crippen LogP contribution in [0.5, 0.6) is 0 Å². The fraction of sp³-hybridized carbons (Fsp3) is 0.375. The Morgan fingerprint density at radius 1 is 1.03 bits per heavy atom. The van der Waals surface area contributed by atoms with Gasteiger partial charge in [-0.15, -0.1) is 0 Å². The number of hydrogen-bond donors (Lipinski definition) is 0. The van der Waals surface area contributed by atoms with Gasteiger partial charge in [-0.05, 0) is 68.2 Å². The molecular formula is C24H22ClN3O2. The summed E-state index contributed by atoms with van der Waals surface area (Å²) in [5.74, 6) is 0.935. The lowest BCUT2D eigenvalue weighted by molar-refractivity contribution is -0.140. The smallest absolute Gasteiger partial charge is 0.254 e. The van der Waals surface area contributed by atoms with Gasteiger partial charge in [0.05, 0.1) is 18.1 Å². The van der Waals surface area contributed by atoms with Gasteiger partial charge in [0.25, 0.3) is 11.8 Å². The van der Waals surface area contributed by atoms with Crippen molar-refractivity contribution in [3.63, 3.8) is 0 Å². The van der Waals surface area contributed by atoms with Gasteiger partial charge < -0.3 is 4.57 Å². The zero-order valence-electron chi connectivity index (χ0n) is 16.8. The Labute approximate surface area is 180 Å². The highest BCUT2D eigenvalue weighted by molar-refractivity contribution is 6.30. The summed E-state index contributed by atoms with van der Waals surface area (Å²) < 4.78 is 2.10. The zero-order valence-corrected chi connectivity index (χ0v) is 17.6. The summed E-state index contributed by atoms with van der Waals surface area (Å²) in [7, 11) is 0. The second-order valence-corrected chi connectivity index (χ2v) is 9.47. The molecule has 0 unspecified atom stereocenters. The second kappa shape index (κ2) is 6.17. The minimum Gasteiger partial charge on any atom is -0.318 e. The van der Waals surface area contributed by atoms with Crippen molar-refractivity contribution in [3.8, 4) is 5.69 Å². The lowest BCUT2D eigenvalue weighted by Gasteiger charge is -2.37. The number of carbonyl (C=O) groups is 2. The van der Waals surface area contributed by atoms with Gasteiger partial charge in [0.15, 0.2) is 0 Å². The van der Waals surface area contributed by atoms with E-state index in [0.717, 1.165) is 34.1 Å². The standard InChI is InChI=1S/C24H22ClN3O2/c1-12-8-14(13(2)27(12)16-5-3-4-15(25)9-16)11-26-28-23(29)21-17-6-7-18(20-10-19(17)20)22(21)24(28)30/h3-9,11,17-22H,10H2,1-2H3/b26-11-/t17-,18-,19-,20+,21+,22+/m0/s1. The van der Waals surface area contributed by atoms with E-state index in [2.05, 4.69) is 21.8 Å². The Balaban J connectivity index is 1.31. The summed E-state index contributed by atoms with van der Waals surface area (Å²) in [5, 5.41) is 6.20. The van der Waals surface area contributed by atoms with Crippen molar-refractivity contribution < 1.29 is 9.59 Å². The zero-order chi connectivity index (χ0) is 20.7. The Morgan fingerprint density at radius 2 is 1.70 bits per heavy atom. The molecule has 5 aliphatic rings. The van der Waals surface area contributed by atoms with Gasteiger partial charge in [0, 0.05) is 27.7 Å². The maximum absolute atomic E-state index is 13.1. The molecule has 1 aromatic carbocycles. The Kier molecular flexibility index (Phi) is 3.73. The minimum atomic E-state index is -0.215. The molecule has 2 heterocycles. The first-order chi connectivity index (χ1) is 14.5. The molecule has 6 atom stereocenters. The van der Waals surface area contributed by atoms with Crippen LogP contribution in [0.1, 0.15) is 23.4 Å². The topological polar surface area (TPSA) is 54.7 Å². The largest absolute Gasteiger partial charge is 0.318 e. The predicted octanol–water partition coefficient (Wildman–Crippen LogP) is 4.13. The molecule has 2 saturated carbocycles. The first-order valence-electron chi connectivity index (χ1n) is 10.5. The van der Waals surface area contributed by atoms with E-state index in [1.165, 1.54) is 0 Å². The molecule has 1 aliphatic heterocycles. The summed E-state index contributed by atoms with van der Waals surface area (Å²) in [6.45, 7) is 4.02. The van der Waals surface area contributed by atoms with Crippen molar-refractivity contribution in [1.29, 1.82) is 0 Å². The van der Waals surface area contributed by atoms with E-state index >= 15 is 0 Å². The van der Waals surface area contributed by atoms with Gasteiger partial charge in [-0.25, -0.2) is 0 Å². The SMILES string of the molecule is Cc1cc(/C=N\N2C(=O)[C@@H]3[C@H]4C=C[C@@H]([C@@H]5C[C@H]45)[C@H]3C2=O)c(C)n1-c1cccc(Cl)c1. The average molecular weight is 420 g/mol. The molecule has 152 valence electrons. The molecule has 1 aromatic heterocycles. The second-order valence-electron chi connectivity index (χ2n) is 9.03. The molecule has 2 bridgehead atoms. The number of allylic oxidation sites excluding steroid dienone is 2. The van der Waals surface area contributed by atoms with Crippen LogP contribution in [-0.4, -0.2) is 27.6 Å². The van der Waals surface area contributed by atoms with E-state index < -0.39 is 0 Å². The van der Waals surface area contributed by atoms with Crippen LogP contribution in [0.25, 0.3) is 5.69 Å². The summed E-state index contributed by atoms with van der Waals surface area (Å²) in [6, 6.07) is 9.68. The summed E-state index contributed by atoms with van der Waals surface area (Å²) in [5.41, 5.74) is 3.87. The number of benzene rings is 1. The fourth-order valence-corrected chi connectivity index (χ4v) is 6.29. The van der Waals surface area contributed by atoms with E-state index in [9.17, 15) is 9.59 Å². The molecule has 0 spiro atoms. The third kappa shape index (κ3) is 2.38. The Bertz CT molecular complexity index is 1130. The lowest BCUT2D eigenvalue weighted by atomic mass is 9.63. The predicted molar refractivity (Wildman–Crippen MR) is 114 cm³/mol. The number of hydrogen-bond acceptors (Lipinski definition) is 3. The van der Waals surface area contributed by atoms with Crippen molar-refractivity contribution in [2.45, 2.75) is 20.3 Å². The average Bonchev–Trinajstić information content (AvgIpc) is 3.45. The van der Waals surface area contributed by atoms with Crippen molar-refractivity contribution >= 4 is 29.6 Å². The molecular weight excluding hydrogens is 398 g/mol. The van der Waals surface area contributed by atoms with Crippen LogP contribution in [-0.2, 0) is 9.59 Å². The highest BCUT2D eigenvalue weighted by Crippen LogP contribution is 2.65. The maximum Gasteiger partial charge on any atom is 0.254 e. The third-order valence-corrected chi connectivity index (χ3v) is 7.72. The van der Waals surface area contributed by atoms with Crippen molar-refractivity contribution in [2.75, 3.05) is 0 Å². The maximum atomic E-state index is 13.1. The first kappa shape index (κ1) is 18.1. The Morgan fingerprint density at radius 3 is 2.33 bits per heavy atom. The number of aromatic nitrogens is 1. The van der Waals surface area contributed by atoms with Gasteiger partial charge in [0.1, 0.15) is 0 Å². The van der Waals surface area contributed by atoms with Gasteiger partial charge in [-0.1, -0.05) is 29.8 Å². The number of rotatable bonds is 3. The van der Waals surface area contributed by atoms with Crippen LogP contribution in [0.3, 0.4) is 0 Å². The lowest BCUT2D eigenvalue weighted by Crippen LogP contribution is -2.40. The quantitative estimate of drug-likeness (QED) is 0.426. The van der Waals surface area contributed by atoms with Crippen molar-refractivity contribution in [1.82, 2.24) is 9.58 Å². The molecule has 0 N–H and O–H groups in total. The first-order valence-corrected chi connectivity index (χ1v) is 10.9. The molecule has 7 rings (SSSR count). The van der Waals surface area contributed by atoms with E-state index in [0.29, 0.717) is 16.9 Å². The van der Waals surface area contributed by atoms with Crippen LogP contribution in [0.2, 0.25) is 5.02 Å². The van der Waals surface area contributed by atoms with Crippen molar-refractivity contribution in [3.05, 3.63) is 64.5 Å². The van der Waals surface area contributed by atoms with Crippen molar-refractivity contribution in [2.24, 2.45) is 40.6 Å². The van der Waals surface area contributed by atoms with Gasteiger partial charge in [0.2, 0.25) is 0 Å². The van der Waals surface area contributed by atoms with Crippen LogP contribution in [0.15, 0.2) is 47.6 Å². The number of hydrazone groups is 1. The third-order valence-electron chi connectivity index (χ3n) is 7.49. The molecule has 30 heavy (non-hydrogen) atoms. The monoisotopic (exact) mass is 419 g/mol. The van der Waals surface area contributed by atoms with E-state index in [4.69, 9.17) is 11.6 Å². The number of aryl methyl sites for hydroxylation is 1. The summed E-state index contributed by atoms with van der Waals surface area (Å²) in [6.07, 6.45) is 7.16. The number of nitrogens with zero attached hydrogens (tertiary/aromatic N) is 3.